The molecule has 6 heteroatoms. The quantitative estimate of drug-likeness (QED) is 0.769. The van der Waals surface area contributed by atoms with Crippen LogP contribution in [0.2, 0.25) is 0 Å². The molecule has 96 valence electrons. The Bertz CT molecular complexity index is 305. The molecule has 0 bridgehead atoms. The molecule has 5 nitrogen and oxygen atoms in total. The molecule has 2 amide bonds. The summed E-state index contributed by atoms with van der Waals surface area (Å²) in [4.78, 5) is 25.3. The van der Waals surface area contributed by atoms with Crippen molar-refractivity contribution in [3.63, 3.8) is 0 Å². The Morgan fingerprint density at radius 2 is 2.41 bits per heavy atom. The molecule has 2 aliphatic heterocycles. The first-order chi connectivity index (χ1) is 8.22. The summed E-state index contributed by atoms with van der Waals surface area (Å²) in [6.45, 7) is 4.62. The Hall–Kier alpha value is -0.750. The van der Waals surface area contributed by atoms with Crippen molar-refractivity contribution < 1.29 is 9.59 Å². The second-order valence-corrected chi connectivity index (χ2v) is 5.41. The number of piperidine rings is 1. The van der Waals surface area contributed by atoms with Crippen LogP contribution >= 0.6 is 11.8 Å². The van der Waals surface area contributed by atoms with E-state index in [1.165, 1.54) is 11.8 Å². The van der Waals surface area contributed by atoms with Crippen LogP contribution in [0.15, 0.2) is 0 Å². The molecule has 2 rings (SSSR count). The summed E-state index contributed by atoms with van der Waals surface area (Å²) in [5.74, 6) is 0.633. The molecule has 2 aliphatic rings. The van der Waals surface area contributed by atoms with E-state index >= 15 is 0 Å². The number of amides is 2. The van der Waals surface area contributed by atoms with Gasteiger partial charge in [-0.1, -0.05) is 11.8 Å². The first-order valence-electron chi connectivity index (χ1n) is 6.17. The summed E-state index contributed by atoms with van der Waals surface area (Å²) in [6, 6.07) is -0.0434. The van der Waals surface area contributed by atoms with Crippen LogP contribution in [0.3, 0.4) is 0 Å². The van der Waals surface area contributed by atoms with Crippen molar-refractivity contribution in [3.8, 4) is 0 Å². The Morgan fingerprint density at radius 3 is 2.94 bits per heavy atom. The number of carbonyl (C=O) groups is 2. The third-order valence-electron chi connectivity index (χ3n) is 3.31. The SMILES string of the molecule is CCN(C(=O)C1CSC(=O)N1)C1CCCNC1. The molecule has 0 radical (unpaired) electrons. The van der Waals surface area contributed by atoms with Crippen molar-refractivity contribution in [2.45, 2.75) is 31.8 Å². The minimum absolute atomic E-state index is 0.0690. The highest BCUT2D eigenvalue weighted by Gasteiger charge is 2.34. The fourth-order valence-electron chi connectivity index (χ4n) is 2.41. The molecule has 0 aliphatic carbocycles. The van der Waals surface area contributed by atoms with Gasteiger partial charge in [-0.3, -0.25) is 9.59 Å². The predicted molar refractivity (Wildman–Crippen MR) is 68.1 cm³/mol. The fraction of sp³-hybridized carbons (Fsp3) is 0.818. The van der Waals surface area contributed by atoms with Gasteiger partial charge in [-0.2, -0.15) is 0 Å². The van der Waals surface area contributed by atoms with E-state index in [0.717, 1.165) is 25.9 Å². The van der Waals surface area contributed by atoms with Gasteiger partial charge in [0.25, 0.3) is 5.24 Å². The molecule has 0 saturated carbocycles. The average Bonchev–Trinajstić information content (AvgIpc) is 2.78. The Kier molecular flexibility index (Phi) is 4.28. The molecule has 0 aromatic rings. The maximum absolute atomic E-state index is 12.3. The minimum Gasteiger partial charge on any atom is -0.337 e. The van der Waals surface area contributed by atoms with E-state index in [1.54, 1.807) is 0 Å². The fourth-order valence-corrected chi connectivity index (χ4v) is 3.18. The second kappa shape index (κ2) is 5.73. The van der Waals surface area contributed by atoms with Gasteiger partial charge in [-0.15, -0.1) is 0 Å². The van der Waals surface area contributed by atoms with Gasteiger partial charge in [0.2, 0.25) is 5.91 Å². The smallest absolute Gasteiger partial charge is 0.279 e. The predicted octanol–water partition coefficient (Wildman–Crippen LogP) is 0.412. The molecule has 2 fully saturated rings. The third kappa shape index (κ3) is 2.93. The molecular formula is C11H19N3O2S. The van der Waals surface area contributed by atoms with E-state index in [0.29, 0.717) is 12.3 Å². The zero-order chi connectivity index (χ0) is 12.3. The molecule has 0 aromatic carbocycles. The van der Waals surface area contributed by atoms with Crippen LogP contribution in [-0.2, 0) is 4.79 Å². The van der Waals surface area contributed by atoms with Crippen LogP contribution in [0.4, 0.5) is 4.79 Å². The molecule has 17 heavy (non-hydrogen) atoms. The number of hydrogen-bond acceptors (Lipinski definition) is 4. The van der Waals surface area contributed by atoms with Gasteiger partial charge in [0.15, 0.2) is 0 Å². The maximum atomic E-state index is 12.3. The summed E-state index contributed by atoms with van der Waals surface area (Å²) in [6.07, 6.45) is 2.17. The lowest BCUT2D eigenvalue weighted by Gasteiger charge is -2.35. The lowest BCUT2D eigenvalue weighted by molar-refractivity contribution is -0.135. The average molecular weight is 257 g/mol. The first kappa shape index (κ1) is 12.7. The molecule has 2 N–H and O–H groups in total. The maximum Gasteiger partial charge on any atom is 0.279 e. The zero-order valence-electron chi connectivity index (χ0n) is 10.1. The molecule has 2 atom stereocenters. The van der Waals surface area contributed by atoms with Crippen LogP contribution in [0.5, 0.6) is 0 Å². The number of thioether (sulfide) groups is 1. The van der Waals surface area contributed by atoms with Crippen LogP contribution in [0.1, 0.15) is 19.8 Å². The lowest BCUT2D eigenvalue weighted by Crippen LogP contribution is -2.54. The van der Waals surface area contributed by atoms with Gasteiger partial charge in [-0.05, 0) is 26.3 Å². The van der Waals surface area contributed by atoms with Gasteiger partial charge >= 0.3 is 0 Å². The third-order valence-corrected chi connectivity index (χ3v) is 4.19. The monoisotopic (exact) mass is 257 g/mol. The summed E-state index contributed by atoms with van der Waals surface area (Å²) in [7, 11) is 0. The lowest BCUT2D eigenvalue weighted by atomic mass is 10.0. The second-order valence-electron chi connectivity index (χ2n) is 4.42. The molecule has 2 saturated heterocycles. The van der Waals surface area contributed by atoms with Crippen LogP contribution in [0, 0.1) is 0 Å². The number of rotatable bonds is 3. The Labute approximate surface area is 106 Å². The minimum atomic E-state index is -0.325. The van der Waals surface area contributed by atoms with E-state index in [1.807, 2.05) is 11.8 Å². The van der Waals surface area contributed by atoms with Gasteiger partial charge in [0.05, 0.1) is 0 Å². The van der Waals surface area contributed by atoms with Crippen molar-refractivity contribution in [3.05, 3.63) is 0 Å². The molecule has 2 unspecified atom stereocenters. The normalized spacial score (nSPS) is 28.9. The van der Waals surface area contributed by atoms with Crippen LogP contribution < -0.4 is 10.6 Å². The van der Waals surface area contributed by atoms with E-state index in [9.17, 15) is 9.59 Å². The van der Waals surface area contributed by atoms with Crippen LogP contribution in [-0.4, -0.2) is 53.5 Å². The van der Waals surface area contributed by atoms with Gasteiger partial charge in [0, 0.05) is 24.9 Å². The van der Waals surface area contributed by atoms with E-state index in [-0.39, 0.29) is 23.2 Å². The molecular weight excluding hydrogens is 238 g/mol. The van der Waals surface area contributed by atoms with E-state index in [4.69, 9.17) is 0 Å². The highest BCUT2D eigenvalue weighted by atomic mass is 32.2. The van der Waals surface area contributed by atoms with Crippen molar-refractivity contribution in [1.82, 2.24) is 15.5 Å². The van der Waals surface area contributed by atoms with Crippen molar-refractivity contribution in [2.24, 2.45) is 0 Å². The standard InChI is InChI=1S/C11H19N3O2S/c1-2-14(8-4-3-5-12-6-8)10(15)9-7-17-11(16)13-9/h8-9,12H,2-7H2,1H3,(H,13,16). The molecule has 0 spiro atoms. The number of hydrogen-bond donors (Lipinski definition) is 2. The zero-order valence-corrected chi connectivity index (χ0v) is 10.9. The van der Waals surface area contributed by atoms with Crippen molar-refractivity contribution in [2.75, 3.05) is 25.4 Å². The van der Waals surface area contributed by atoms with Crippen molar-refractivity contribution in [1.29, 1.82) is 0 Å². The summed E-state index contributed by atoms with van der Waals surface area (Å²) in [5, 5.41) is 5.96. The molecule has 2 heterocycles. The summed E-state index contributed by atoms with van der Waals surface area (Å²) >= 11 is 1.20. The summed E-state index contributed by atoms with van der Waals surface area (Å²) in [5.41, 5.74) is 0. The highest BCUT2D eigenvalue weighted by Crippen LogP contribution is 2.18. The number of likely N-dealkylation sites (N-methyl/N-ethyl adjacent to an activating group) is 1. The molecule has 0 aromatic heterocycles. The first-order valence-corrected chi connectivity index (χ1v) is 7.15. The number of carbonyl (C=O) groups excluding carboxylic acids is 2. The van der Waals surface area contributed by atoms with E-state index < -0.39 is 0 Å². The number of nitrogens with zero attached hydrogens (tertiary/aromatic N) is 1. The number of nitrogens with one attached hydrogen (secondary N) is 2. The van der Waals surface area contributed by atoms with Crippen molar-refractivity contribution >= 4 is 22.9 Å². The topological polar surface area (TPSA) is 61.4 Å². The largest absolute Gasteiger partial charge is 0.337 e. The Balaban J connectivity index is 1.96. The van der Waals surface area contributed by atoms with Gasteiger partial charge in [0.1, 0.15) is 6.04 Å². The van der Waals surface area contributed by atoms with E-state index in [2.05, 4.69) is 10.6 Å². The summed E-state index contributed by atoms with van der Waals surface area (Å²) < 4.78 is 0. The van der Waals surface area contributed by atoms with Gasteiger partial charge in [-0.25, -0.2) is 0 Å². The van der Waals surface area contributed by atoms with Crippen LogP contribution in [0.25, 0.3) is 0 Å². The highest BCUT2D eigenvalue weighted by molar-refractivity contribution is 8.14. The van der Waals surface area contributed by atoms with Gasteiger partial charge < -0.3 is 15.5 Å². The Morgan fingerprint density at radius 1 is 1.59 bits per heavy atom.